The first-order valence-electron chi connectivity index (χ1n) is 4.93. The van der Waals surface area contributed by atoms with Gasteiger partial charge in [0.1, 0.15) is 5.75 Å². The number of ketones is 1. The van der Waals surface area contributed by atoms with Gasteiger partial charge in [-0.1, -0.05) is 6.07 Å². The first kappa shape index (κ1) is 12.2. The number of ether oxygens (including phenoxy) is 1. The number of anilines is 1. The fourth-order valence-electron chi connectivity index (χ4n) is 1.45. The van der Waals surface area contributed by atoms with Crippen molar-refractivity contribution in [1.82, 2.24) is 0 Å². The van der Waals surface area contributed by atoms with Crippen LogP contribution in [0.15, 0.2) is 12.1 Å². The molecule has 1 aromatic carbocycles. The van der Waals surface area contributed by atoms with Crippen molar-refractivity contribution < 1.29 is 14.3 Å². The second-order valence-electron chi connectivity index (χ2n) is 3.67. The summed E-state index contributed by atoms with van der Waals surface area (Å²) in [6.07, 6.45) is 0. The molecule has 0 saturated carbocycles. The summed E-state index contributed by atoms with van der Waals surface area (Å²) >= 11 is 0. The number of benzene rings is 1. The van der Waals surface area contributed by atoms with Gasteiger partial charge in [-0.3, -0.25) is 9.59 Å². The zero-order valence-corrected chi connectivity index (χ0v) is 9.88. The van der Waals surface area contributed by atoms with Crippen LogP contribution in [0.2, 0.25) is 0 Å². The molecule has 0 bridgehead atoms. The van der Waals surface area contributed by atoms with E-state index in [9.17, 15) is 9.59 Å². The molecular formula is C12H15NO3. The summed E-state index contributed by atoms with van der Waals surface area (Å²) in [7, 11) is 1.53. The number of aryl methyl sites for hydroxylation is 2. The van der Waals surface area contributed by atoms with E-state index in [0.717, 1.165) is 11.1 Å². The van der Waals surface area contributed by atoms with Crippen LogP contribution in [0.4, 0.5) is 5.69 Å². The van der Waals surface area contributed by atoms with E-state index >= 15 is 0 Å². The number of hydrogen-bond donors (Lipinski definition) is 1. The summed E-state index contributed by atoms with van der Waals surface area (Å²) in [4.78, 5) is 22.2. The molecule has 86 valence electrons. The van der Waals surface area contributed by atoms with E-state index in [1.807, 2.05) is 26.0 Å². The molecule has 0 aliphatic carbocycles. The van der Waals surface area contributed by atoms with Gasteiger partial charge in [-0.2, -0.15) is 0 Å². The van der Waals surface area contributed by atoms with Crippen LogP contribution in [0, 0.1) is 13.8 Å². The summed E-state index contributed by atoms with van der Waals surface area (Å²) in [5.41, 5.74) is 2.45. The van der Waals surface area contributed by atoms with Crippen LogP contribution < -0.4 is 10.1 Å². The van der Waals surface area contributed by atoms with E-state index < -0.39 is 11.7 Å². The van der Waals surface area contributed by atoms with Crippen molar-refractivity contribution in [2.24, 2.45) is 0 Å². The first-order valence-corrected chi connectivity index (χ1v) is 4.93. The van der Waals surface area contributed by atoms with E-state index in [2.05, 4.69) is 5.32 Å². The highest BCUT2D eigenvalue weighted by molar-refractivity contribution is 6.39. The fraction of sp³-hybridized carbons (Fsp3) is 0.333. The minimum absolute atomic E-state index is 0.526. The van der Waals surface area contributed by atoms with E-state index in [1.165, 1.54) is 14.0 Å². The molecule has 16 heavy (non-hydrogen) atoms. The van der Waals surface area contributed by atoms with E-state index in [-0.39, 0.29) is 0 Å². The van der Waals surface area contributed by atoms with Crippen molar-refractivity contribution in [1.29, 1.82) is 0 Å². The zero-order valence-electron chi connectivity index (χ0n) is 9.88. The fourth-order valence-corrected chi connectivity index (χ4v) is 1.45. The van der Waals surface area contributed by atoms with Crippen molar-refractivity contribution in [3.8, 4) is 5.75 Å². The Hall–Kier alpha value is -1.84. The molecule has 4 nitrogen and oxygen atoms in total. The van der Waals surface area contributed by atoms with Crippen LogP contribution in [-0.4, -0.2) is 18.8 Å². The molecule has 0 radical (unpaired) electrons. The van der Waals surface area contributed by atoms with Crippen LogP contribution in [0.1, 0.15) is 18.1 Å². The maximum atomic E-state index is 11.3. The Kier molecular flexibility index (Phi) is 3.66. The normalized spacial score (nSPS) is 9.75. The van der Waals surface area contributed by atoms with Gasteiger partial charge in [0.2, 0.25) is 5.78 Å². The number of hydrogen-bond acceptors (Lipinski definition) is 3. The molecule has 0 fully saturated rings. The number of carbonyl (C=O) groups excluding carboxylic acids is 2. The first-order chi connectivity index (χ1) is 7.45. The molecule has 1 N–H and O–H groups in total. The van der Waals surface area contributed by atoms with Crippen molar-refractivity contribution in [3.63, 3.8) is 0 Å². The predicted molar refractivity (Wildman–Crippen MR) is 61.8 cm³/mol. The average Bonchev–Trinajstić information content (AvgIpc) is 2.21. The molecule has 1 amide bonds. The quantitative estimate of drug-likeness (QED) is 0.792. The Morgan fingerprint density at radius 3 is 2.38 bits per heavy atom. The minimum Gasteiger partial charge on any atom is -0.495 e. The second-order valence-corrected chi connectivity index (χ2v) is 3.67. The third-order valence-electron chi connectivity index (χ3n) is 2.22. The number of methoxy groups -OCH3 is 1. The lowest BCUT2D eigenvalue weighted by Gasteiger charge is -2.13. The highest BCUT2D eigenvalue weighted by Gasteiger charge is 2.13. The Morgan fingerprint density at radius 2 is 1.88 bits per heavy atom. The van der Waals surface area contributed by atoms with Gasteiger partial charge in [0.15, 0.2) is 0 Å². The summed E-state index contributed by atoms with van der Waals surface area (Å²) in [5.74, 6) is -0.598. The lowest BCUT2D eigenvalue weighted by Crippen LogP contribution is -2.20. The van der Waals surface area contributed by atoms with Crippen LogP contribution in [0.3, 0.4) is 0 Å². The number of rotatable bonds is 3. The minimum atomic E-state index is -0.634. The smallest absolute Gasteiger partial charge is 0.291 e. The zero-order chi connectivity index (χ0) is 12.3. The standard InChI is InChI=1S/C12H15NO3/c1-7-5-8(2)11(10(6-7)16-4)13-12(15)9(3)14/h5-6H,1-4H3,(H,13,15). The molecular weight excluding hydrogens is 206 g/mol. The predicted octanol–water partition coefficient (Wildman–Crippen LogP) is 1.84. The molecule has 0 spiro atoms. The Balaban J connectivity index is 3.12. The van der Waals surface area contributed by atoms with Gasteiger partial charge < -0.3 is 10.1 Å². The molecule has 0 atom stereocenters. The molecule has 0 aliphatic heterocycles. The topological polar surface area (TPSA) is 55.4 Å². The van der Waals surface area contributed by atoms with Crippen LogP contribution in [0.25, 0.3) is 0 Å². The van der Waals surface area contributed by atoms with Crippen LogP contribution in [-0.2, 0) is 9.59 Å². The van der Waals surface area contributed by atoms with Crippen LogP contribution in [0.5, 0.6) is 5.75 Å². The lowest BCUT2D eigenvalue weighted by atomic mass is 10.1. The third-order valence-corrected chi connectivity index (χ3v) is 2.22. The van der Waals surface area contributed by atoms with Crippen molar-refractivity contribution in [2.75, 3.05) is 12.4 Å². The number of nitrogens with one attached hydrogen (secondary N) is 1. The summed E-state index contributed by atoms with van der Waals surface area (Å²) in [6.45, 7) is 5.02. The maximum absolute atomic E-state index is 11.3. The van der Waals surface area contributed by atoms with Gasteiger partial charge in [-0.05, 0) is 31.0 Å². The van der Waals surface area contributed by atoms with E-state index in [4.69, 9.17) is 4.74 Å². The lowest BCUT2D eigenvalue weighted by molar-refractivity contribution is -0.133. The van der Waals surface area contributed by atoms with Gasteiger partial charge in [0.25, 0.3) is 5.91 Å². The molecule has 0 saturated heterocycles. The molecule has 1 rings (SSSR count). The summed E-state index contributed by atoms with van der Waals surface area (Å²) < 4.78 is 5.16. The van der Waals surface area contributed by atoms with Gasteiger partial charge >= 0.3 is 0 Å². The Bertz CT molecular complexity index is 438. The highest BCUT2D eigenvalue weighted by Crippen LogP contribution is 2.29. The SMILES string of the molecule is COc1cc(C)cc(C)c1NC(=O)C(C)=O. The summed E-state index contributed by atoms with van der Waals surface area (Å²) in [5, 5.41) is 2.54. The molecule has 0 heterocycles. The number of carbonyl (C=O) groups is 2. The van der Waals surface area contributed by atoms with E-state index in [1.54, 1.807) is 0 Å². The number of Topliss-reactive ketones (excluding diaryl/α,β-unsaturated/α-hetero) is 1. The average molecular weight is 221 g/mol. The largest absolute Gasteiger partial charge is 0.495 e. The Labute approximate surface area is 94.6 Å². The second kappa shape index (κ2) is 4.79. The van der Waals surface area contributed by atoms with Gasteiger partial charge in [-0.15, -0.1) is 0 Å². The molecule has 0 aromatic heterocycles. The highest BCUT2D eigenvalue weighted by atomic mass is 16.5. The van der Waals surface area contributed by atoms with Gasteiger partial charge in [-0.25, -0.2) is 0 Å². The molecule has 0 aliphatic rings. The van der Waals surface area contributed by atoms with Gasteiger partial charge in [0.05, 0.1) is 12.8 Å². The third kappa shape index (κ3) is 2.59. The van der Waals surface area contributed by atoms with Crippen LogP contribution >= 0.6 is 0 Å². The molecule has 1 aromatic rings. The van der Waals surface area contributed by atoms with Gasteiger partial charge in [0, 0.05) is 6.92 Å². The maximum Gasteiger partial charge on any atom is 0.291 e. The van der Waals surface area contributed by atoms with Crippen molar-refractivity contribution in [3.05, 3.63) is 23.3 Å². The molecule has 0 unspecified atom stereocenters. The monoisotopic (exact) mass is 221 g/mol. The van der Waals surface area contributed by atoms with Crippen molar-refractivity contribution >= 4 is 17.4 Å². The van der Waals surface area contributed by atoms with E-state index in [0.29, 0.717) is 11.4 Å². The molecule has 4 heteroatoms. The summed E-state index contributed by atoms with van der Waals surface area (Å²) in [6, 6.07) is 3.72. The Morgan fingerprint density at radius 1 is 1.25 bits per heavy atom. The van der Waals surface area contributed by atoms with Crippen molar-refractivity contribution in [2.45, 2.75) is 20.8 Å². The number of amides is 1.